The molecule has 0 fully saturated rings. The van der Waals surface area contributed by atoms with Crippen LogP contribution in [0.4, 0.5) is 0 Å². The molecule has 0 saturated heterocycles. The Hall–Kier alpha value is -3.18. The third kappa shape index (κ3) is 45.5. The summed E-state index contributed by atoms with van der Waals surface area (Å²) in [4.78, 5) is 25.3. The molecule has 0 saturated carbocycles. The molecule has 5 heteroatoms. The first-order valence-corrected chi connectivity index (χ1v) is 23.8. The van der Waals surface area contributed by atoms with Crippen LogP contribution in [0, 0.1) is 0 Å². The maximum Gasteiger partial charge on any atom is 0.306 e. The molecule has 5 nitrogen and oxygen atoms in total. The average molecular weight is 805 g/mol. The van der Waals surface area contributed by atoms with Gasteiger partial charge in [0, 0.05) is 19.4 Å². The van der Waals surface area contributed by atoms with Gasteiger partial charge in [-0.15, -0.1) is 0 Å². The molecule has 1 unspecified atom stereocenters. The predicted molar refractivity (Wildman–Crippen MR) is 251 cm³/mol. The molecule has 0 radical (unpaired) electrons. The van der Waals surface area contributed by atoms with Gasteiger partial charge in [-0.05, 0) is 96.3 Å². The van der Waals surface area contributed by atoms with E-state index in [1.54, 1.807) is 0 Å². The fraction of sp³-hybridized carbons (Fsp3) is 0.660. The molecule has 0 bridgehead atoms. The van der Waals surface area contributed by atoms with Crippen LogP contribution in [-0.2, 0) is 23.8 Å². The lowest BCUT2D eigenvalue weighted by molar-refractivity contribution is -0.163. The largest absolute Gasteiger partial charge is 0.462 e. The number of carbonyl (C=O) groups is 2. The second kappa shape index (κ2) is 48.2. The Labute approximate surface area is 358 Å². The highest BCUT2D eigenvalue weighted by Crippen LogP contribution is 2.13. The van der Waals surface area contributed by atoms with Gasteiger partial charge in [-0.25, -0.2) is 0 Å². The van der Waals surface area contributed by atoms with Gasteiger partial charge in [0.2, 0.25) is 0 Å². The maximum absolute atomic E-state index is 12.7. The van der Waals surface area contributed by atoms with E-state index >= 15 is 0 Å². The highest BCUT2D eigenvalue weighted by molar-refractivity contribution is 5.70. The minimum Gasteiger partial charge on any atom is -0.462 e. The summed E-state index contributed by atoms with van der Waals surface area (Å²) in [5.74, 6) is -0.461. The summed E-state index contributed by atoms with van der Waals surface area (Å²) < 4.78 is 17.3. The van der Waals surface area contributed by atoms with Crippen molar-refractivity contribution >= 4 is 11.9 Å². The summed E-state index contributed by atoms with van der Waals surface area (Å²) in [6.07, 6.45) is 64.2. The van der Waals surface area contributed by atoms with E-state index < -0.39 is 6.10 Å². The summed E-state index contributed by atoms with van der Waals surface area (Å²) in [5.41, 5.74) is 0. The molecule has 0 aliphatic rings. The molecule has 0 N–H and O–H groups in total. The SMILES string of the molecule is CC/C=C\C/C=C\C/C=C\C/C=C\C/C=C\CCCCOCC(COC(=O)CCCCC/C=C\C/C=C\C/C=C\CC)OC(=O)CCCCCCCCCCCCC. The zero-order valence-electron chi connectivity index (χ0n) is 37.8. The number of allylic oxidation sites excluding steroid dienone is 16. The van der Waals surface area contributed by atoms with Gasteiger partial charge < -0.3 is 14.2 Å². The Morgan fingerprint density at radius 2 is 0.776 bits per heavy atom. The van der Waals surface area contributed by atoms with E-state index in [-0.39, 0.29) is 25.2 Å². The van der Waals surface area contributed by atoms with Crippen LogP contribution in [0.3, 0.4) is 0 Å². The molecule has 0 rings (SSSR count). The minimum atomic E-state index is -0.572. The van der Waals surface area contributed by atoms with Gasteiger partial charge in [0.1, 0.15) is 6.61 Å². The number of ether oxygens (including phenoxy) is 3. The number of hydrogen-bond acceptors (Lipinski definition) is 5. The molecule has 0 spiro atoms. The highest BCUT2D eigenvalue weighted by Gasteiger charge is 2.17. The lowest BCUT2D eigenvalue weighted by atomic mass is 10.1. The summed E-state index contributed by atoms with van der Waals surface area (Å²) in [7, 11) is 0. The minimum absolute atomic E-state index is 0.0490. The van der Waals surface area contributed by atoms with E-state index in [9.17, 15) is 9.59 Å². The predicted octanol–water partition coefficient (Wildman–Crippen LogP) is 15.9. The Morgan fingerprint density at radius 3 is 1.24 bits per heavy atom. The Kier molecular flexibility index (Phi) is 45.5. The van der Waals surface area contributed by atoms with Crippen LogP contribution in [0.2, 0.25) is 0 Å². The molecule has 0 aliphatic heterocycles. The second-order valence-electron chi connectivity index (χ2n) is 15.3. The molecule has 0 aliphatic carbocycles. The topological polar surface area (TPSA) is 61.8 Å². The van der Waals surface area contributed by atoms with Gasteiger partial charge >= 0.3 is 11.9 Å². The molecule has 58 heavy (non-hydrogen) atoms. The Balaban J connectivity index is 4.39. The third-order valence-corrected chi connectivity index (χ3v) is 9.62. The number of rotatable bonds is 42. The van der Waals surface area contributed by atoms with Crippen molar-refractivity contribution in [3.63, 3.8) is 0 Å². The lowest BCUT2D eigenvalue weighted by Gasteiger charge is -2.18. The summed E-state index contributed by atoms with van der Waals surface area (Å²) in [6.45, 7) is 7.45. The van der Waals surface area contributed by atoms with Crippen LogP contribution in [0.15, 0.2) is 97.2 Å². The highest BCUT2D eigenvalue weighted by atomic mass is 16.6. The van der Waals surface area contributed by atoms with Crippen molar-refractivity contribution in [2.75, 3.05) is 19.8 Å². The van der Waals surface area contributed by atoms with Crippen LogP contribution in [-0.4, -0.2) is 37.9 Å². The zero-order chi connectivity index (χ0) is 42.1. The molecular formula is C53H88O5. The first-order chi connectivity index (χ1) is 28.6. The van der Waals surface area contributed by atoms with E-state index in [4.69, 9.17) is 14.2 Å². The number of carbonyl (C=O) groups excluding carboxylic acids is 2. The van der Waals surface area contributed by atoms with Crippen LogP contribution < -0.4 is 0 Å². The summed E-state index contributed by atoms with van der Waals surface area (Å²) >= 11 is 0. The van der Waals surface area contributed by atoms with Gasteiger partial charge in [-0.3, -0.25) is 9.59 Å². The molecule has 0 aromatic heterocycles. The van der Waals surface area contributed by atoms with Gasteiger partial charge in [0.15, 0.2) is 6.10 Å². The molecule has 1 atom stereocenters. The number of hydrogen-bond donors (Lipinski definition) is 0. The molecule has 0 aromatic rings. The van der Waals surface area contributed by atoms with E-state index in [0.29, 0.717) is 19.4 Å². The van der Waals surface area contributed by atoms with Gasteiger partial charge in [0.05, 0.1) is 6.61 Å². The Morgan fingerprint density at radius 1 is 0.397 bits per heavy atom. The van der Waals surface area contributed by atoms with Crippen molar-refractivity contribution in [3.8, 4) is 0 Å². The molecule has 330 valence electrons. The van der Waals surface area contributed by atoms with Crippen LogP contribution >= 0.6 is 0 Å². The average Bonchev–Trinajstić information content (AvgIpc) is 3.22. The monoisotopic (exact) mass is 805 g/mol. The van der Waals surface area contributed by atoms with E-state index in [1.165, 1.54) is 51.4 Å². The number of esters is 2. The van der Waals surface area contributed by atoms with Gasteiger partial charge in [-0.1, -0.05) is 189 Å². The van der Waals surface area contributed by atoms with Crippen LogP contribution in [0.5, 0.6) is 0 Å². The molecular weight excluding hydrogens is 717 g/mol. The maximum atomic E-state index is 12.7. The van der Waals surface area contributed by atoms with E-state index in [0.717, 1.165) is 116 Å². The smallest absolute Gasteiger partial charge is 0.306 e. The molecule has 0 aromatic carbocycles. The van der Waals surface area contributed by atoms with E-state index in [2.05, 4.69) is 118 Å². The van der Waals surface area contributed by atoms with E-state index in [1.807, 2.05) is 0 Å². The van der Waals surface area contributed by atoms with Crippen molar-refractivity contribution in [1.82, 2.24) is 0 Å². The summed E-state index contributed by atoms with van der Waals surface area (Å²) in [6, 6.07) is 0. The lowest BCUT2D eigenvalue weighted by Crippen LogP contribution is -2.30. The van der Waals surface area contributed by atoms with Crippen molar-refractivity contribution in [1.29, 1.82) is 0 Å². The van der Waals surface area contributed by atoms with Crippen molar-refractivity contribution in [2.24, 2.45) is 0 Å². The molecule has 0 amide bonds. The van der Waals surface area contributed by atoms with Crippen molar-refractivity contribution < 1.29 is 23.8 Å². The van der Waals surface area contributed by atoms with Gasteiger partial charge in [-0.2, -0.15) is 0 Å². The fourth-order valence-electron chi connectivity index (χ4n) is 6.14. The summed E-state index contributed by atoms with van der Waals surface area (Å²) in [5, 5.41) is 0. The quantitative estimate of drug-likeness (QED) is 0.0349. The fourth-order valence-corrected chi connectivity index (χ4v) is 6.14. The van der Waals surface area contributed by atoms with Crippen molar-refractivity contribution in [3.05, 3.63) is 97.2 Å². The van der Waals surface area contributed by atoms with Crippen LogP contribution in [0.1, 0.15) is 201 Å². The van der Waals surface area contributed by atoms with Gasteiger partial charge in [0.25, 0.3) is 0 Å². The number of unbranched alkanes of at least 4 members (excludes halogenated alkanes) is 15. The first-order valence-electron chi connectivity index (χ1n) is 23.8. The second-order valence-corrected chi connectivity index (χ2v) is 15.3. The first kappa shape index (κ1) is 54.8. The Bertz CT molecular complexity index is 1140. The van der Waals surface area contributed by atoms with Crippen molar-refractivity contribution in [2.45, 2.75) is 207 Å². The normalized spacial score (nSPS) is 13.1. The molecule has 0 heterocycles. The zero-order valence-corrected chi connectivity index (χ0v) is 37.8. The van der Waals surface area contributed by atoms with Crippen LogP contribution in [0.25, 0.3) is 0 Å². The standard InChI is InChI=1S/C53H88O5/c1-4-7-10-13-16-19-22-24-25-26-27-28-30-33-36-39-42-45-48-56-49-51(58-53(55)47-44-41-38-35-31-21-18-15-12-9-6-3)50-57-52(54)46-43-40-37-34-32-29-23-20-17-14-11-8-5-2/h7-8,10-11,16-17,19-20,24-25,27-29,32-33,36,51H,4-6,9,12-15,18,21-23,26,30-31,34-35,37-50H2,1-3H3/b10-7-,11-8-,19-16-,20-17-,25-24-,28-27-,32-29-,36-33-. The third-order valence-electron chi connectivity index (χ3n) is 9.62.